The molecule has 3 heteroatoms. The van der Waals surface area contributed by atoms with Gasteiger partial charge in [-0.3, -0.25) is 4.98 Å². The van der Waals surface area contributed by atoms with Crippen LogP contribution in [0.25, 0.3) is 10.9 Å². The fourth-order valence-corrected chi connectivity index (χ4v) is 1.61. The van der Waals surface area contributed by atoms with Crippen LogP contribution in [0.1, 0.15) is 19.8 Å². The van der Waals surface area contributed by atoms with Gasteiger partial charge in [-0.15, -0.1) is 0 Å². The van der Waals surface area contributed by atoms with Gasteiger partial charge in [0.1, 0.15) is 0 Å². The first-order chi connectivity index (χ1) is 7.79. The van der Waals surface area contributed by atoms with Crippen molar-refractivity contribution in [3.05, 3.63) is 36.5 Å². The van der Waals surface area contributed by atoms with Crippen LogP contribution in [0.4, 0.5) is 5.69 Å². The topological polar surface area (TPSA) is 51.3 Å². The summed E-state index contributed by atoms with van der Waals surface area (Å²) in [5, 5.41) is 1.09. The van der Waals surface area contributed by atoms with Gasteiger partial charge in [-0.05, 0) is 30.7 Å². The van der Waals surface area contributed by atoms with E-state index in [1.54, 1.807) is 6.20 Å². The molecule has 0 unspecified atom stereocenters. The molecule has 0 aliphatic heterocycles. The molecule has 2 aromatic rings. The molecule has 0 saturated heterocycles. The van der Waals surface area contributed by atoms with Gasteiger partial charge in [0, 0.05) is 18.0 Å². The van der Waals surface area contributed by atoms with Crippen molar-refractivity contribution in [2.75, 3.05) is 0 Å². The number of benzene rings is 1. The van der Waals surface area contributed by atoms with Gasteiger partial charge in [0.25, 0.3) is 0 Å². The van der Waals surface area contributed by atoms with Crippen LogP contribution < -0.4 is 5.73 Å². The van der Waals surface area contributed by atoms with Gasteiger partial charge in [-0.1, -0.05) is 13.0 Å². The number of hydrogen-bond acceptors (Lipinski definition) is 2. The lowest BCUT2D eigenvalue weighted by atomic mass is 10.2. The summed E-state index contributed by atoms with van der Waals surface area (Å²) < 4.78 is 0. The Labute approximate surface area is 95.0 Å². The normalized spacial score (nSPS) is 11.9. The molecule has 3 nitrogen and oxygen atoms in total. The number of rotatable bonds is 3. The van der Waals surface area contributed by atoms with E-state index in [1.165, 1.54) is 0 Å². The Morgan fingerprint density at radius 3 is 3.06 bits per heavy atom. The van der Waals surface area contributed by atoms with Crippen LogP contribution in [-0.4, -0.2) is 10.8 Å². The minimum absolute atomic E-state index is 0.686. The largest absolute Gasteiger partial charge is 0.387 e. The first-order valence-electron chi connectivity index (χ1n) is 5.47. The highest BCUT2D eigenvalue weighted by Gasteiger charge is 1.96. The van der Waals surface area contributed by atoms with E-state index in [4.69, 9.17) is 5.73 Å². The average molecular weight is 213 g/mol. The van der Waals surface area contributed by atoms with Gasteiger partial charge >= 0.3 is 0 Å². The maximum absolute atomic E-state index is 5.79. The Balaban J connectivity index is 2.36. The van der Waals surface area contributed by atoms with Crippen LogP contribution in [0.5, 0.6) is 0 Å². The zero-order valence-electron chi connectivity index (χ0n) is 9.35. The summed E-state index contributed by atoms with van der Waals surface area (Å²) in [6, 6.07) is 9.86. The molecular formula is C13H15N3. The highest BCUT2D eigenvalue weighted by Crippen LogP contribution is 2.19. The van der Waals surface area contributed by atoms with E-state index in [0.29, 0.717) is 5.84 Å². The molecule has 0 aliphatic rings. The Morgan fingerprint density at radius 1 is 1.38 bits per heavy atom. The quantitative estimate of drug-likeness (QED) is 0.629. The van der Waals surface area contributed by atoms with Crippen molar-refractivity contribution >= 4 is 22.4 Å². The lowest BCUT2D eigenvalue weighted by Gasteiger charge is -2.00. The monoisotopic (exact) mass is 213 g/mol. The summed E-state index contributed by atoms with van der Waals surface area (Å²) in [6.07, 6.45) is 3.65. The van der Waals surface area contributed by atoms with Crippen LogP contribution in [-0.2, 0) is 0 Å². The number of nitrogens with two attached hydrogens (primary N) is 1. The molecule has 1 heterocycles. The molecule has 0 radical (unpaired) electrons. The number of nitrogens with zero attached hydrogens (tertiary/aromatic N) is 2. The molecule has 0 bridgehead atoms. The molecule has 1 aromatic heterocycles. The minimum atomic E-state index is 0.686. The molecule has 0 atom stereocenters. The maximum atomic E-state index is 5.79. The van der Waals surface area contributed by atoms with Crippen molar-refractivity contribution < 1.29 is 0 Å². The highest BCUT2D eigenvalue weighted by molar-refractivity contribution is 5.86. The van der Waals surface area contributed by atoms with Crippen molar-refractivity contribution in [2.24, 2.45) is 10.7 Å². The van der Waals surface area contributed by atoms with Crippen LogP contribution in [0, 0.1) is 0 Å². The predicted octanol–water partition coefficient (Wildman–Crippen LogP) is 3.02. The number of aromatic nitrogens is 1. The molecule has 0 amide bonds. The number of hydrogen-bond donors (Lipinski definition) is 1. The van der Waals surface area contributed by atoms with Gasteiger partial charge in [-0.25, -0.2) is 4.99 Å². The summed E-state index contributed by atoms with van der Waals surface area (Å²) in [5.74, 6) is 0.686. The SMILES string of the molecule is CCCC(N)=Nc1ccc2ncccc2c1. The van der Waals surface area contributed by atoms with Gasteiger partial charge in [0.2, 0.25) is 0 Å². The zero-order chi connectivity index (χ0) is 11.4. The average Bonchev–Trinajstić information content (AvgIpc) is 2.29. The van der Waals surface area contributed by atoms with Crippen molar-refractivity contribution in [3.63, 3.8) is 0 Å². The second-order valence-electron chi connectivity index (χ2n) is 3.73. The fraction of sp³-hybridized carbons (Fsp3) is 0.231. The lowest BCUT2D eigenvalue weighted by molar-refractivity contribution is 0.983. The molecule has 16 heavy (non-hydrogen) atoms. The summed E-state index contributed by atoms with van der Waals surface area (Å²) in [7, 11) is 0. The Kier molecular flexibility index (Phi) is 3.15. The Morgan fingerprint density at radius 2 is 2.25 bits per heavy atom. The smallest absolute Gasteiger partial charge is 0.0996 e. The number of aliphatic imine (C=N–C) groups is 1. The standard InChI is InChI=1S/C13H15N3/c1-2-4-13(14)16-11-6-7-12-10(9-11)5-3-8-15-12/h3,5-9H,2,4H2,1H3,(H2,14,16). The van der Waals surface area contributed by atoms with Crippen LogP contribution in [0.3, 0.4) is 0 Å². The molecule has 2 rings (SSSR count). The van der Waals surface area contributed by atoms with Gasteiger partial charge in [0.15, 0.2) is 0 Å². The summed E-state index contributed by atoms with van der Waals surface area (Å²) in [5.41, 5.74) is 7.67. The van der Waals surface area contributed by atoms with E-state index < -0.39 is 0 Å². The molecule has 0 fully saturated rings. The molecular weight excluding hydrogens is 198 g/mol. The third kappa shape index (κ3) is 2.37. The highest BCUT2D eigenvalue weighted by atomic mass is 14.9. The summed E-state index contributed by atoms with van der Waals surface area (Å²) in [4.78, 5) is 8.62. The van der Waals surface area contributed by atoms with Gasteiger partial charge in [-0.2, -0.15) is 0 Å². The van der Waals surface area contributed by atoms with Gasteiger partial charge < -0.3 is 5.73 Å². The van der Waals surface area contributed by atoms with E-state index in [9.17, 15) is 0 Å². The van der Waals surface area contributed by atoms with Crippen LogP contribution >= 0.6 is 0 Å². The van der Waals surface area contributed by atoms with Crippen molar-refractivity contribution in [3.8, 4) is 0 Å². The van der Waals surface area contributed by atoms with Gasteiger partial charge in [0.05, 0.1) is 17.0 Å². The minimum Gasteiger partial charge on any atom is -0.387 e. The molecule has 2 N–H and O–H groups in total. The fourth-order valence-electron chi connectivity index (χ4n) is 1.61. The molecule has 82 valence electrons. The molecule has 0 saturated carbocycles. The van der Waals surface area contributed by atoms with Crippen LogP contribution in [0.2, 0.25) is 0 Å². The van der Waals surface area contributed by atoms with Crippen molar-refractivity contribution in [2.45, 2.75) is 19.8 Å². The first-order valence-corrected chi connectivity index (χ1v) is 5.47. The zero-order valence-corrected chi connectivity index (χ0v) is 9.35. The van der Waals surface area contributed by atoms with E-state index in [2.05, 4.69) is 16.9 Å². The van der Waals surface area contributed by atoms with E-state index in [0.717, 1.165) is 29.4 Å². The third-order valence-corrected chi connectivity index (χ3v) is 2.37. The predicted molar refractivity (Wildman–Crippen MR) is 67.9 cm³/mol. The number of amidine groups is 1. The Bertz CT molecular complexity index is 517. The lowest BCUT2D eigenvalue weighted by Crippen LogP contribution is -2.09. The van der Waals surface area contributed by atoms with E-state index in [1.807, 2.05) is 30.3 Å². The molecule has 0 aliphatic carbocycles. The second-order valence-corrected chi connectivity index (χ2v) is 3.73. The van der Waals surface area contributed by atoms with E-state index >= 15 is 0 Å². The van der Waals surface area contributed by atoms with E-state index in [-0.39, 0.29) is 0 Å². The van der Waals surface area contributed by atoms with Crippen molar-refractivity contribution in [1.82, 2.24) is 4.98 Å². The third-order valence-electron chi connectivity index (χ3n) is 2.37. The maximum Gasteiger partial charge on any atom is 0.0996 e. The first kappa shape index (κ1) is 10.6. The number of pyridine rings is 1. The molecule has 1 aromatic carbocycles. The molecule has 0 spiro atoms. The second kappa shape index (κ2) is 4.75. The Hall–Kier alpha value is -1.90. The summed E-state index contributed by atoms with van der Waals surface area (Å²) >= 11 is 0. The number of fused-ring (bicyclic) bond motifs is 1. The van der Waals surface area contributed by atoms with Crippen molar-refractivity contribution in [1.29, 1.82) is 0 Å². The summed E-state index contributed by atoms with van der Waals surface area (Å²) in [6.45, 7) is 2.09. The van der Waals surface area contributed by atoms with Crippen LogP contribution in [0.15, 0.2) is 41.5 Å².